The summed E-state index contributed by atoms with van der Waals surface area (Å²) in [5.74, 6) is 2.01. The van der Waals surface area contributed by atoms with Gasteiger partial charge in [-0.3, -0.25) is 0 Å². The number of para-hydroxylation sites is 2. The van der Waals surface area contributed by atoms with Crippen LogP contribution in [0.5, 0.6) is 11.5 Å². The number of nitrogen functional groups attached to an aromatic ring is 1. The molecule has 2 aromatic rings. The van der Waals surface area contributed by atoms with Crippen molar-refractivity contribution in [1.82, 2.24) is 0 Å². The predicted octanol–water partition coefficient (Wildman–Crippen LogP) is 3.98. The molecule has 0 aromatic heterocycles. The number of hydrogen-bond donors (Lipinski definition) is 1. The third kappa shape index (κ3) is 3.23. The highest BCUT2D eigenvalue weighted by molar-refractivity contribution is 5.52. The van der Waals surface area contributed by atoms with Gasteiger partial charge in [-0.05, 0) is 35.7 Å². The van der Waals surface area contributed by atoms with Crippen LogP contribution in [-0.2, 0) is 6.61 Å². The summed E-state index contributed by atoms with van der Waals surface area (Å²) < 4.78 is 11.2. The summed E-state index contributed by atoms with van der Waals surface area (Å²) >= 11 is 0. The number of benzene rings is 2. The lowest BCUT2D eigenvalue weighted by atomic mass is 10.0. The fraction of sp³-hybridized carbons (Fsp3) is 0.294. The topological polar surface area (TPSA) is 44.5 Å². The van der Waals surface area contributed by atoms with Crippen LogP contribution in [0.25, 0.3) is 0 Å². The van der Waals surface area contributed by atoms with Gasteiger partial charge >= 0.3 is 0 Å². The van der Waals surface area contributed by atoms with E-state index in [2.05, 4.69) is 26.0 Å². The lowest BCUT2D eigenvalue weighted by Crippen LogP contribution is -2.02. The molecule has 20 heavy (non-hydrogen) atoms. The quantitative estimate of drug-likeness (QED) is 0.836. The summed E-state index contributed by atoms with van der Waals surface area (Å²) in [5, 5.41) is 0. The Kier molecular flexibility index (Phi) is 4.51. The number of ether oxygens (including phenoxy) is 2. The average Bonchev–Trinajstić information content (AvgIpc) is 2.46. The molecule has 0 radical (unpaired) electrons. The molecule has 0 heterocycles. The first kappa shape index (κ1) is 14.3. The van der Waals surface area contributed by atoms with E-state index in [9.17, 15) is 0 Å². The Morgan fingerprint density at radius 3 is 2.45 bits per heavy atom. The summed E-state index contributed by atoms with van der Waals surface area (Å²) in [6, 6.07) is 13.7. The van der Waals surface area contributed by atoms with Gasteiger partial charge in [0.15, 0.2) is 0 Å². The minimum absolute atomic E-state index is 0.442. The molecule has 0 atom stereocenters. The zero-order valence-corrected chi connectivity index (χ0v) is 12.2. The Balaban J connectivity index is 2.19. The molecule has 0 bridgehead atoms. The Morgan fingerprint density at radius 2 is 1.80 bits per heavy atom. The van der Waals surface area contributed by atoms with E-state index in [4.69, 9.17) is 15.2 Å². The van der Waals surface area contributed by atoms with Crippen LogP contribution in [0.3, 0.4) is 0 Å². The SMILES string of the molecule is COc1ccc(C(C)C)cc1COc1ccccc1N. The number of anilines is 1. The second-order valence-corrected chi connectivity index (χ2v) is 5.05. The van der Waals surface area contributed by atoms with Crippen LogP contribution in [0.15, 0.2) is 42.5 Å². The van der Waals surface area contributed by atoms with E-state index in [1.54, 1.807) is 7.11 Å². The van der Waals surface area contributed by atoms with Gasteiger partial charge < -0.3 is 15.2 Å². The maximum Gasteiger partial charge on any atom is 0.142 e. The van der Waals surface area contributed by atoms with Crippen LogP contribution >= 0.6 is 0 Å². The minimum atomic E-state index is 0.442. The average molecular weight is 271 g/mol. The Morgan fingerprint density at radius 1 is 1.05 bits per heavy atom. The lowest BCUT2D eigenvalue weighted by molar-refractivity contribution is 0.298. The first-order chi connectivity index (χ1) is 9.61. The van der Waals surface area contributed by atoms with Gasteiger partial charge in [0.1, 0.15) is 18.1 Å². The third-order valence-electron chi connectivity index (χ3n) is 3.27. The van der Waals surface area contributed by atoms with Crippen LogP contribution in [0.1, 0.15) is 30.9 Å². The zero-order valence-electron chi connectivity index (χ0n) is 12.2. The molecule has 0 saturated carbocycles. The van der Waals surface area contributed by atoms with Crippen molar-refractivity contribution >= 4 is 5.69 Å². The molecular formula is C17H21NO2. The number of methoxy groups -OCH3 is 1. The van der Waals surface area contributed by atoms with E-state index in [1.165, 1.54) is 5.56 Å². The van der Waals surface area contributed by atoms with Crippen LogP contribution in [0, 0.1) is 0 Å². The third-order valence-corrected chi connectivity index (χ3v) is 3.27. The Bertz CT molecular complexity index is 579. The van der Waals surface area contributed by atoms with Crippen molar-refractivity contribution in [1.29, 1.82) is 0 Å². The molecule has 2 rings (SSSR count). The largest absolute Gasteiger partial charge is 0.496 e. The summed E-state index contributed by atoms with van der Waals surface area (Å²) in [4.78, 5) is 0. The summed E-state index contributed by atoms with van der Waals surface area (Å²) in [5.41, 5.74) is 8.82. The van der Waals surface area contributed by atoms with Crippen molar-refractivity contribution in [2.45, 2.75) is 26.4 Å². The molecule has 0 saturated heterocycles. The summed E-state index contributed by atoms with van der Waals surface area (Å²) in [6.07, 6.45) is 0. The molecule has 0 fully saturated rings. The van der Waals surface area contributed by atoms with Gasteiger partial charge in [0, 0.05) is 5.56 Å². The van der Waals surface area contributed by atoms with E-state index in [1.807, 2.05) is 30.3 Å². The minimum Gasteiger partial charge on any atom is -0.496 e. The van der Waals surface area contributed by atoms with Crippen molar-refractivity contribution in [2.75, 3.05) is 12.8 Å². The highest BCUT2D eigenvalue weighted by Crippen LogP contribution is 2.27. The zero-order chi connectivity index (χ0) is 14.5. The maximum atomic E-state index is 5.88. The first-order valence-electron chi connectivity index (χ1n) is 6.76. The van der Waals surface area contributed by atoms with Crippen molar-refractivity contribution in [3.8, 4) is 11.5 Å². The van der Waals surface area contributed by atoms with Gasteiger partial charge in [0.2, 0.25) is 0 Å². The molecule has 0 aliphatic heterocycles. The normalized spacial score (nSPS) is 10.6. The summed E-state index contributed by atoms with van der Waals surface area (Å²) in [6.45, 7) is 4.78. The van der Waals surface area contributed by atoms with Gasteiger partial charge in [0.25, 0.3) is 0 Å². The van der Waals surface area contributed by atoms with Crippen LogP contribution in [0.4, 0.5) is 5.69 Å². The molecule has 106 valence electrons. The molecular weight excluding hydrogens is 250 g/mol. The second-order valence-electron chi connectivity index (χ2n) is 5.05. The Hall–Kier alpha value is -2.16. The predicted molar refractivity (Wildman–Crippen MR) is 82.3 cm³/mol. The number of rotatable bonds is 5. The van der Waals surface area contributed by atoms with Crippen LogP contribution < -0.4 is 15.2 Å². The molecule has 0 unspecified atom stereocenters. The van der Waals surface area contributed by atoms with E-state index in [-0.39, 0.29) is 0 Å². The van der Waals surface area contributed by atoms with Crippen molar-refractivity contribution in [3.63, 3.8) is 0 Å². The number of hydrogen-bond acceptors (Lipinski definition) is 3. The van der Waals surface area contributed by atoms with E-state index >= 15 is 0 Å². The van der Waals surface area contributed by atoms with Crippen LogP contribution in [-0.4, -0.2) is 7.11 Å². The maximum absolute atomic E-state index is 5.88. The van der Waals surface area contributed by atoms with E-state index < -0.39 is 0 Å². The van der Waals surface area contributed by atoms with E-state index in [0.29, 0.717) is 24.0 Å². The summed E-state index contributed by atoms with van der Waals surface area (Å²) in [7, 11) is 1.67. The molecule has 0 aliphatic carbocycles. The van der Waals surface area contributed by atoms with Gasteiger partial charge in [0.05, 0.1) is 12.8 Å². The molecule has 0 amide bonds. The fourth-order valence-electron chi connectivity index (χ4n) is 2.04. The second kappa shape index (κ2) is 6.33. The van der Waals surface area contributed by atoms with Crippen molar-refractivity contribution in [2.24, 2.45) is 0 Å². The monoisotopic (exact) mass is 271 g/mol. The lowest BCUT2D eigenvalue weighted by Gasteiger charge is -2.14. The number of nitrogens with two attached hydrogens (primary N) is 1. The van der Waals surface area contributed by atoms with Gasteiger partial charge in [-0.2, -0.15) is 0 Å². The fourth-order valence-corrected chi connectivity index (χ4v) is 2.04. The first-order valence-corrected chi connectivity index (χ1v) is 6.76. The molecule has 0 spiro atoms. The molecule has 3 nitrogen and oxygen atoms in total. The van der Waals surface area contributed by atoms with Gasteiger partial charge in [-0.15, -0.1) is 0 Å². The molecule has 2 aromatic carbocycles. The van der Waals surface area contributed by atoms with E-state index in [0.717, 1.165) is 11.3 Å². The van der Waals surface area contributed by atoms with Gasteiger partial charge in [-0.25, -0.2) is 0 Å². The molecule has 2 N–H and O–H groups in total. The molecule has 0 aliphatic rings. The van der Waals surface area contributed by atoms with Gasteiger partial charge in [-0.1, -0.05) is 32.0 Å². The van der Waals surface area contributed by atoms with Crippen molar-refractivity contribution < 1.29 is 9.47 Å². The smallest absolute Gasteiger partial charge is 0.142 e. The van der Waals surface area contributed by atoms with Crippen molar-refractivity contribution in [3.05, 3.63) is 53.6 Å². The highest BCUT2D eigenvalue weighted by atomic mass is 16.5. The standard InChI is InChI=1S/C17H21NO2/c1-12(2)13-8-9-16(19-3)14(10-13)11-20-17-7-5-4-6-15(17)18/h4-10,12H,11,18H2,1-3H3. The van der Waals surface area contributed by atoms with Crippen LogP contribution in [0.2, 0.25) is 0 Å². The molecule has 3 heteroatoms. The Labute approximate surface area is 120 Å². The highest BCUT2D eigenvalue weighted by Gasteiger charge is 2.08.